The lowest BCUT2D eigenvalue weighted by Gasteiger charge is -2.11. The Balaban J connectivity index is 1.03. The van der Waals surface area contributed by atoms with E-state index in [1.54, 1.807) is 0 Å². The number of benzene rings is 6. The fraction of sp³-hybridized carbons (Fsp3) is 0.0417. The highest BCUT2D eigenvalue weighted by molar-refractivity contribution is 6.10. The molecule has 0 fully saturated rings. The molecule has 0 saturated carbocycles. The van der Waals surface area contributed by atoms with Crippen LogP contribution in [0, 0.1) is 0 Å². The molecule has 6 aromatic carbocycles. The van der Waals surface area contributed by atoms with Crippen molar-refractivity contribution in [3.8, 4) is 68.1 Å². The lowest BCUT2D eigenvalue weighted by molar-refractivity contribution is 0.670. The van der Waals surface area contributed by atoms with Gasteiger partial charge >= 0.3 is 0 Å². The molecule has 0 spiro atoms. The molecule has 0 aliphatic heterocycles. The maximum atomic E-state index is 6.68. The Labute approximate surface area is 317 Å². The third-order valence-corrected chi connectivity index (χ3v) is 9.83. The lowest BCUT2D eigenvalue weighted by atomic mass is 10.0. The molecule has 1 aliphatic rings. The first-order chi connectivity index (χ1) is 27.2. The molecular formula is C48H32N6O. The zero-order valence-electron chi connectivity index (χ0n) is 29.7. The van der Waals surface area contributed by atoms with Crippen molar-refractivity contribution in [3.63, 3.8) is 0 Å². The second-order valence-corrected chi connectivity index (χ2v) is 13.4. The Morgan fingerprint density at radius 3 is 1.42 bits per heavy atom. The molecule has 7 nitrogen and oxygen atoms in total. The van der Waals surface area contributed by atoms with Gasteiger partial charge in [-0.15, -0.1) is 0 Å². The van der Waals surface area contributed by atoms with Gasteiger partial charge in [0.15, 0.2) is 34.9 Å². The molecule has 0 atom stereocenters. The quantitative estimate of drug-likeness (QED) is 0.163. The first-order valence-electron chi connectivity index (χ1n) is 18.4. The molecular weight excluding hydrogens is 677 g/mol. The number of nitrogens with zero attached hydrogens (tertiary/aromatic N) is 6. The van der Waals surface area contributed by atoms with Gasteiger partial charge in [0, 0.05) is 49.7 Å². The second kappa shape index (κ2) is 13.9. The third kappa shape index (κ3) is 6.28. The first-order valence-corrected chi connectivity index (χ1v) is 18.4. The minimum absolute atomic E-state index is 0.582. The molecule has 3 heterocycles. The molecule has 0 N–H and O–H groups in total. The average Bonchev–Trinajstić information content (AvgIpc) is 3.66. The van der Waals surface area contributed by atoms with Crippen molar-refractivity contribution < 1.29 is 4.42 Å². The van der Waals surface area contributed by atoms with Crippen LogP contribution in [0.2, 0.25) is 0 Å². The summed E-state index contributed by atoms with van der Waals surface area (Å²) < 4.78 is 6.68. The van der Waals surface area contributed by atoms with Gasteiger partial charge in [0.05, 0.1) is 0 Å². The molecule has 3 aromatic heterocycles. The van der Waals surface area contributed by atoms with Crippen molar-refractivity contribution in [1.29, 1.82) is 0 Å². The average molecular weight is 709 g/mol. The molecule has 0 amide bonds. The Hall–Kier alpha value is -7.38. The highest BCUT2D eigenvalue weighted by Gasteiger charge is 2.18. The molecule has 1 aliphatic carbocycles. The summed E-state index contributed by atoms with van der Waals surface area (Å²) in [5.41, 5.74) is 9.19. The number of aromatic nitrogens is 6. The zero-order valence-corrected chi connectivity index (χ0v) is 29.7. The summed E-state index contributed by atoms with van der Waals surface area (Å²) in [4.78, 5) is 29.4. The van der Waals surface area contributed by atoms with Gasteiger partial charge in [0.25, 0.3) is 0 Å². The number of furan rings is 1. The third-order valence-electron chi connectivity index (χ3n) is 9.83. The largest absolute Gasteiger partial charge is 0.455 e. The van der Waals surface area contributed by atoms with E-state index in [0.29, 0.717) is 34.9 Å². The number of allylic oxidation sites excluding steroid dienone is 4. The van der Waals surface area contributed by atoms with E-state index in [2.05, 4.69) is 72.8 Å². The van der Waals surface area contributed by atoms with Crippen molar-refractivity contribution in [2.45, 2.75) is 12.8 Å². The highest BCUT2D eigenvalue weighted by Crippen LogP contribution is 2.38. The van der Waals surface area contributed by atoms with Crippen LogP contribution in [0.5, 0.6) is 0 Å². The van der Waals surface area contributed by atoms with E-state index in [9.17, 15) is 0 Å². The minimum atomic E-state index is 0.582. The molecule has 0 unspecified atom stereocenters. The molecule has 260 valence electrons. The Kier molecular flexibility index (Phi) is 8.15. The van der Waals surface area contributed by atoms with Gasteiger partial charge in [-0.25, -0.2) is 29.9 Å². The monoisotopic (exact) mass is 708 g/mol. The predicted molar refractivity (Wildman–Crippen MR) is 219 cm³/mol. The van der Waals surface area contributed by atoms with Crippen LogP contribution in [0.3, 0.4) is 0 Å². The van der Waals surface area contributed by atoms with E-state index in [1.165, 1.54) is 0 Å². The topological polar surface area (TPSA) is 90.5 Å². The van der Waals surface area contributed by atoms with E-state index in [4.69, 9.17) is 34.3 Å². The molecule has 7 heteroatoms. The van der Waals surface area contributed by atoms with Crippen molar-refractivity contribution >= 4 is 27.5 Å². The van der Waals surface area contributed by atoms with Gasteiger partial charge in [0.2, 0.25) is 0 Å². The van der Waals surface area contributed by atoms with Crippen molar-refractivity contribution in [3.05, 3.63) is 176 Å². The Bertz CT molecular complexity index is 2840. The van der Waals surface area contributed by atoms with E-state index < -0.39 is 0 Å². The molecule has 0 radical (unpaired) electrons. The van der Waals surface area contributed by atoms with Crippen molar-refractivity contribution in [2.24, 2.45) is 0 Å². The summed E-state index contributed by atoms with van der Waals surface area (Å²) in [7, 11) is 0. The lowest BCUT2D eigenvalue weighted by Crippen LogP contribution is -2.03. The van der Waals surface area contributed by atoms with Crippen molar-refractivity contribution in [2.75, 3.05) is 0 Å². The van der Waals surface area contributed by atoms with Gasteiger partial charge in [-0.1, -0.05) is 158 Å². The van der Waals surface area contributed by atoms with E-state index in [-0.39, 0.29) is 0 Å². The summed E-state index contributed by atoms with van der Waals surface area (Å²) in [6.07, 6.45) is 8.47. The van der Waals surface area contributed by atoms with Crippen LogP contribution >= 0.6 is 0 Å². The highest BCUT2D eigenvalue weighted by atomic mass is 16.3. The zero-order chi connectivity index (χ0) is 36.6. The van der Waals surface area contributed by atoms with E-state index in [1.807, 2.05) is 97.1 Å². The van der Waals surface area contributed by atoms with Crippen LogP contribution in [-0.2, 0) is 0 Å². The maximum absolute atomic E-state index is 6.68. The van der Waals surface area contributed by atoms with Crippen LogP contribution in [-0.4, -0.2) is 29.9 Å². The van der Waals surface area contributed by atoms with Crippen LogP contribution in [0.4, 0.5) is 0 Å². The maximum Gasteiger partial charge on any atom is 0.164 e. The van der Waals surface area contributed by atoms with Crippen molar-refractivity contribution in [1.82, 2.24) is 29.9 Å². The van der Waals surface area contributed by atoms with Crippen LogP contribution in [0.15, 0.2) is 174 Å². The van der Waals surface area contributed by atoms with Crippen LogP contribution < -0.4 is 0 Å². The Morgan fingerprint density at radius 1 is 0.382 bits per heavy atom. The summed E-state index contributed by atoms with van der Waals surface area (Å²) in [6, 6.07) is 50.9. The Morgan fingerprint density at radius 2 is 0.873 bits per heavy atom. The normalized spacial score (nSPS) is 12.6. The molecule has 55 heavy (non-hydrogen) atoms. The number of para-hydroxylation sites is 1. The number of fused-ring (bicyclic) bond motifs is 3. The number of rotatable bonds is 7. The summed E-state index contributed by atoms with van der Waals surface area (Å²) in [5.74, 6) is 3.79. The SMILES string of the molecule is C1=CC(c2nc(-c3ccccc3)nc(-c3ccc(-c4cccc5c4oc4cc(-c6nc(-c7ccccc7)nc(-c7ccccc7)n6)ccc45)cc3)n2)=CCC1. The van der Waals surface area contributed by atoms with Gasteiger partial charge in [-0.05, 0) is 30.5 Å². The summed E-state index contributed by atoms with van der Waals surface area (Å²) in [6.45, 7) is 0. The standard InChI is InChI=1S/C48H32N6O/c1-5-14-32(15-6-1)43-49-44(33-16-7-2-8-17-33)52-47(51-43)36-26-24-31(25-27-36)38-22-13-23-40-39-29-28-37(30-41(39)55-42(38)40)48-53-45(34-18-9-3-10-19-34)50-46(54-48)35-20-11-4-12-21-35/h1,3-7,9-30H,2,8H2. The fourth-order valence-corrected chi connectivity index (χ4v) is 7.03. The summed E-state index contributed by atoms with van der Waals surface area (Å²) >= 11 is 0. The fourth-order valence-electron chi connectivity index (χ4n) is 7.03. The number of hydrogen-bond acceptors (Lipinski definition) is 7. The van der Waals surface area contributed by atoms with Gasteiger partial charge in [-0.3, -0.25) is 0 Å². The first kappa shape index (κ1) is 32.3. The van der Waals surface area contributed by atoms with Crippen LogP contribution in [0.1, 0.15) is 18.7 Å². The molecule has 0 saturated heterocycles. The van der Waals surface area contributed by atoms with Crippen LogP contribution in [0.25, 0.3) is 95.6 Å². The summed E-state index contributed by atoms with van der Waals surface area (Å²) in [5, 5.41) is 2.06. The molecule has 10 rings (SSSR count). The van der Waals surface area contributed by atoms with E-state index in [0.717, 1.165) is 79.3 Å². The second-order valence-electron chi connectivity index (χ2n) is 13.4. The minimum Gasteiger partial charge on any atom is -0.455 e. The van der Waals surface area contributed by atoms with Gasteiger partial charge in [0.1, 0.15) is 11.2 Å². The predicted octanol–water partition coefficient (Wildman–Crippen LogP) is 11.7. The van der Waals surface area contributed by atoms with E-state index >= 15 is 0 Å². The molecule has 0 bridgehead atoms. The van der Waals surface area contributed by atoms with Gasteiger partial charge in [-0.2, -0.15) is 0 Å². The van der Waals surface area contributed by atoms with Gasteiger partial charge < -0.3 is 4.42 Å². The molecule has 9 aromatic rings. The smallest absolute Gasteiger partial charge is 0.164 e. The number of hydrogen-bond donors (Lipinski definition) is 0.